The van der Waals surface area contributed by atoms with E-state index in [1.54, 1.807) is 18.3 Å². The van der Waals surface area contributed by atoms with Crippen LogP contribution in [0.1, 0.15) is 29.4 Å². The Kier molecular flexibility index (Phi) is 5.09. The summed E-state index contributed by atoms with van der Waals surface area (Å²) in [5.74, 6) is -0.541. The molecule has 0 atom stereocenters. The number of halogens is 1. The molecule has 0 aliphatic rings. The van der Waals surface area contributed by atoms with Gasteiger partial charge in [0.2, 0.25) is 5.91 Å². The lowest BCUT2D eigenvalue weighted by atomic mass is 10.1. The molecule has 1 N–H and O–H groups in total. The normalized spacial score (nSPS) is 11.1. The van der Waals surface area contributed by atoms with Gasteiger partial charge in [0.15, 0.2) is 0 Å². The van der Waals surface area contributed by atoms with Crippen molar-refractivity contribution in [2.75, 3.05) is 0 Å². The fourth-order valence-electron chi connectivity index (χ4n) is 2.45. The molecule has 0 saturated carbocycles. The van der Waals surface area contributed by atoms with Gasteiger partial charge in [-0.3, -0.25) is 4.79 Å². The first-order valence-electron chi connectivity index (χ1n) is 7.24. The van der Waals surface area contributed by atoms with Crippen LogP contribution < -0.4 is 5.43 Å². The van der Waals surface area contributed by atoms with E-state index < -0.39 is 0 Å². The van der Waals surface area contributed by atoms with Crippen LogP contribution in [0.25, 0.3) is 0 Å². The number of hydrogen-bond acceptors (Lipinski definition) is 2. The summed E-state index contributed by atoms with van der Waals surface area (Å²) in [5, 5.41) is 3.99. The van der Waals surface area contributed by atoms with Gasteiger partial charge in [-0.05, 0) is 44.5 Å². The SMILES string of the molecule is CCn1c(C)cc(/C=N/NC(=O)Cc2ccc(F)cc2)c1C. The Hall–Kier alpha value is -2.43. The first-order valence-corrected chi connectivity index (χ1v) is 7.24. The minimum Gasteiger partial charge on any atom is -0.349 e. The number of aryl methyl sites for hydroxylation is 1. The van der Waals surface area contributed by atoms with E-state index in [9.17, 15) is 9.18 Å². The van der Waals surface area contributed by atoms with Crippen LogP contribution in [-0.4, -0.2) is 16.7 Å². The lowest BCUT2D eigenvalue weighted by molar-refractivity contribution is -0.120. The lowest BCUT2D eigenvalue weighted by Gasteiger charge is -2.04. The maximum absolute atomic E-state index is 12.8. The molecular weight excluding hydrogens is 281 g/mol. The van der Waals surface area contributed by atoms with Gasteiger partial charge in [0.05, 0.1) is 12.6 Å². The van der Waals surface area contributed by atoms with Gasteiger partial charge in [0.25, 0.3) is 0 Å². The van der Waals surface area contributed by atoms with Crippen molar-refractivity contribution < 1.29 is 9.18 Å². The zero-order chi connectivity index (χ0) is 16.1. The number of carbonyl (C=O) groups is 1. The molecule has 0 spiro atoms. The van der Waals surface area contributed by atoms with Gasteiger partial charge in [0.1, 0.15) is 5.82 Å². The summed E-state index contributed by atoms with van der Waals surface area (Å²) in [6, 6.07) is 7.90. The number of carbonyl (C=O) groups excluding carboxylic acids is 1. The van der Waals surface area contributed by atoms with Gasteiger partial charge in [-0.25, -0.2) is 9.82 Å². The van der Waals surface area contributed by atoms with Crippen molar-refractivity contribution in [3.63, 3.8) is 0 Å². The number of nitrogens with zero attached hydrogens (tertiary/aromatic N) is 2. The number of nitrogens with one attached hydrogen (secondary N) is 1. The number of rotatable bonds is 5. The molecule has 0 aliphatic carbocycles. The van der Waals surface area contributed by atoms with Crippen LogP contribution in [0.15, 0.2) is 35.4 Å². The van der Waals surface area contributed by atoms with E-state index in [-0.39, 0.29) is 18.1 Å². The third kappa shape index (κ3) is 3.81. The fourth-order valence-corrected chi connectivity index (χ4v) is 2.45. The van der Waals surface area contributed by atoms with E-state index in [1.165, 1.54) is 17.8 Å². The molecule has 5 heteroatoms. The van der Waals surface area contributed by atoms with Gasteiger partial charge in [0, 0.05) is 23.5 Å². The van der Waals surface area contributed by atoms with Crippen LogP contribution in [-0.2, 0) is 17.8 Å². The van der Waals surface area contributed by atoms with Crippen molar-refractivity contribution in [2.45, 2.75) is 33.7 Å². The predicted molar refractivity (Wildman–Crippen MR) is 85.4 cm³/mol. The summed E-state index contributed by atoms with van der Waals surface area (Å²) in [4.78, 5) is 11.8. The summed E-state index contributed by atoms with van der Waals surface area (Å²) in [6.07, 6.45) is 1.82. The third-order valence-electron chi connectivity index (χ3n) is 3.60. The molecule has 0 saturated heterocycles. The lowest BCUT2D eigenvalue weighted by Crippen LogP contribution is -2.19. The molecule has 0 bridgehead atoms. The number of benzene rings is 1. The molecule has 1 amide bonds. The third-order valence-corrected chi connectivity index (χ3v) is 3.60. The van der Waals surface area contributed by atoms with Gasteiger partial charge in [-0.1, -0.05) is 12.1 Å². The second-order valence-corrected chi connectivity index (χ2v) is 5.17. The Labute approximate surface area is 129 Å². The van der Waals surface area contributed by atoms with Crippen molar-refractivity contribution in [3.05, 3.63) is 58.7 Å². The zero-order valence-electron chi connectivity index (χ0n) is 13.1. The van der Waals surface area contributed by atoms with Crippen LogP contribution >= 0.6 is 0 Å². The van der Waals surface area contributed by atoms with Crippen molar-refractivity contribution in [1.82, 2.24) is 9.99 Å². The molecule has 2 rings (SSSR count). The van der Waals surface area contributed by atoms with Gasteiger partial charge < -0.3 is 4.57 Å². The van der Waals surface area contributed by atoms with Crippen LogP contribution in [0, 0.1) is 19.7 Å². The summed E-state index contributed by atoms with van der Waals surface area (Å²) in [5.41, 5.74) is 6.52. The standard InChI is InChI=1S/C17H20FN3O/c1-4-21-12(2)9-15(13(21)3)11-19-20-17(22)10-14-5-7-16(18)8-6-14/h5-9,11H,4,10H2,1-3H3,(H,20,22)/b19-11+. The highest BCUT2D eigenvalue weighted by atomic mass is 19.1. The Morgan fingerprint density at radius 3 is 2.59 bits per heavy atom. The van der Waals surface area contributed by atoms with Crippen molar-refractivity contribution in [3.8, 4) is 0 Å². The van der Waals surface area contributed by atoms with Crippen LogP contribution in [0.5, 0.6) is 0 Å². The molecule has 0 unspecified atom stereocenters. The van der Waals surface area contributed by atoms with Gasteiger partial charge >= 0.3 is 0 Å². The highest BCUT2D eigenvalue weighted by Gasteiger charge is 2.06. The van der Waals surface area contributed by atoms with E-state index in [0.717, 1.165) is 23.4 Å². The monoisotopic (exact) mass is 301 g/mol. The Balaban J connectivity index is 1.94. The summed E-state index contributed by atoms with van der Waals surface area (Å²) >= 11 is 0. The van der Waals surface area contributed by atoms with E-state index in [2.05, 4.69) is 22.0 Å². The minimum absolute atomic E-state index is 0.172. The Morgan fingerprint density at radius 1 is 1.32 bits per heavy atom. The fraction of sp³-hybridized carbons (Fsp3) is 0.294. The highest BCUT2D eigenvalue weighted by Crippen LogP contribution is 2.12. The van der Waals surface area contributed by atoms with Gasteiger partial charge in [-0.15, -0.1) is 0 Å². The van der Waals surface area contributed by atoms with Crippen molar-refractivity contribution >= 4 is 12.1 Å². The first kappa shape index (κ1) is 15.9. The summed E-state index contributed by atoms with van der Waals surface area (Å²) in [7, 11) is 0. The molecular formula is C17H20FN3O. The summed E-state index contributed by atoms with van der Waals surface area (Å²) < 4.78 is 15.0. The van der Waals surface area contributed by atoms with Crippen molar-refractivity contribution in [2.24, 2.45) is 5.10 Å². The molecule has 116 valence electrons. The average molecular weight is 301 g/mol. The highest BCUT2D eigenvalue weighted by molar-refractivity contribution is 5.84. The smallest absolute Gasteiger partial charge is 0.244 e. The molecule has 1 aromatic heterocycles. The molecule has 0 radical (unpaired) electrons. The number of hydrazone groups is 1. The Bertz CT molecular complexity index is 687. The van der Waals surface area contributed by atoms with Crippen LogP contribution in [0.3, 0.4) is 0 Å². The molecule has 2 aromatic rings. The molecule has 1 aromatic carbocycles. The topological polar surface area (TPSA) is 46.4 Å². The molecule has 0 aliphatic heterocycles. The number of amides is 1. The molecule has 0 fully saturated rings. The number of aromatic nitrogens is 1. The van der Waals surface area contributed by atoms with Crippen LogP contribution in [0.4, 0.5) is 4.39 Å². The molecule has 1 heterocycles. The number of hydrogen-bond donors (Lipinski definition) is 1. The van der Waals surface area contributed by atoms with E-state index >= 15 is 0 Å². The quantitative estimate of drug-likeness (QED) is 0.670. The first-order chi connectivity index (χ1) is 10.5. The second-order valence-electron chi connectivity index (χ2n) is 5.17. The van der Waals surface area contributed by atoms with Gasteiger partial charge in [-0.2, -0.15) is 5.10 Å². The summed E-state index contributed by atoms with van der Waals surface area (Å²) in [6.45, 7) is 7.06. The van der Waals surface area contributed by atoms with E-state index in [0.29, 0.717) is 0 Å². The maximum Gasteiger partial charge on any atom is 0.244 e. The maximum atomic E-state index is 12.8. The predicted octanol–water partition coefficient (Wildman–Crippen LogP) is 2.96. The minimum atomic E-state index is -0.312. The van der Waals surface area contributed by atoms with E-state index in [1.807, 2.05) is 19.9 Å². The average Bonchev–Trinajstić information content (AvgIpc) is 2.75. The largest absolute Gasteiger partial charge is 0.349 e. The second kappa shape index (κ2) is 7.02. The van der Waals surface area contributed by atoms with E-state index in [4.69, 9.17) is 0 Å². The van der Waals surface area contributed by atoms with Crippen LogP contribution in [0.2, 0.25) is 0 Å². The molecule has 22 heavy (non-hydrogen) atoms. The van der Waals surface area contributed by atoms with Crippen molar-refractivity contribution in [1.29, 1.82) is 0 Å². The Morgan fingerprint density at radius 2 is 2.00 bits per heavy atom. The molecule has 4 nitrogen and oxygen atoms in total. The zero-order valence-corrected chi connectivity index (χ0v) is 13.1.